The van der Waals surface area contributed by atoms with E-state index in [1.807, 2.05) is 41.9 Å². The molecule has 0 saturated carbocycles. The monoisotopic (exact) mass is 517 g/mol. The zero-order chi connectivity index (χ0) is 25.7. The van der Waals surface area contributed by atoms with Gasteiger partial charge in [-0.15, -0.1) is 0 Å². The number of carbonyl (C=O) groups excluding carboxylic acids is 1. The van der Waals surface area contributed by atoms with Crippen molar-refractivity contribution in [3.05, 3.63) is 120 Å². The zero-order valence-electron chi connectivity index (χ0n) is 19.8. The maximum absolute atomic E-state index is 13.2. The first-order valence-corrected chi connectivity index (χ1v) is 13.0. The van der Waals surface area contributed by atoms with Crippen LogP contribution >= 0.6 is 11.6 Å². The minimum Gasteiger partial charge on any atom is -0.456 e. The average Bonchev–Trinajstić information content (AvgIpc) is 3.32. The number of benzene rings is 2. The summed E-state index contributed by atoms with van der Waals surface area (Å²) >= 11 is 5.96. The Balaban J connectivity index is 1.53. The molecule has 36 heavy (non-hydrogen) atoms. The van der Waals surface area contributed by atoms with Crippen molar-refractivity contribution in [2.75, 3.05) is 6.26 Å². The molecule has 8 heteroatoms. The first-order chi connectivity index (χ1) is 17.3. The van der Waals surface area contributed by atoms with E-state index in [4.69, 9.17) is 16.3 Å². The van der Waals surface area contributed by atoms with E-state index in [0.717, 1.165) is 11.3 Å². The second kappa shape index (κ2) is 11.2. The van der Waals surface area contributed by atoms with E-state index in [2.05, 4.69) is 16.9 Å². The lowest BCUT2D eigenvalue weighted by Crippen LogP contribution is -2.22. The van der Waals surface area contributed by atoms with Crippen LogP contribution in [0.5, 0.6) is 11.5 Å². The van der Waals surface area contributed by atoms with Gasteiger partial charge >= 0.3 is 0 Å². The predicted octanol–water partition coefficient (Wildman–Crippen LogP) is 6.42. The van der Waals surface area contributed by atoms with Gasteiger partial charge in [0.15, 0.2) is 0 Å². The highest BCUT2D eigenvalue weighted by molar-refractivity contribution is 7.84. The molecule has 1 amide bonds. The van der Waals surface area contributed by atoms with Crippen LogP contribution in [0.4, 0.5) is 0 Å². The number of pyridine rings is 1. The maximum atomic E-state index is 13.2. The summed E-state index contributed by atoms with van der Waals surface area (Å²) in [6, 6.07) is 17.4. The van der Waals surface area contributed by atoms with Crippen LogP contribution in [0.2, 0.25) is 5.02 Å². The van der Waals surface area contributed by atoms with E-state index < -0.39 is 10.8 Å². The van der Waals surface area contributed by atoms with E-state index in [0.29, 0.717) is 32.5 Å². The second-order valence-corrected chi connectivity index (χ2v) is 9.63. The Bertz CT molecular complexity index is 1490. The van der Waals surface area contributed by atoms with Gasteiger partial charge in [0.25, 0.3) is 5.91 Å². The summed E-state index contributed by atoms with van der Waals surface area (Å²) in [5.74, 6) is 0.418. The van der Waals surface area contributed by atoms with Gasteiger partial charge in [-0.3, -0.25) is 9.00 Å². The molecular weight excluding hydrogens is 494 g/mol. The zero-order valence-corrected chi connectivity index (χ0v) is 21.3. The van der Waals surface area contributed by atoms with Gasteiger partial charge in [-0.05, 0) is 73.2 Å². The van der Waals surface area contributed by atoms with Crippen LogP contribution in [-0.2, 0) is 10.8 Å². The van der Waals surface area contributed by atoms with E-state index in [1.54, 1.807) is 66.9 Å². The fourth-order valence-electron chi connectivity index (χ4n) is 3.36. The van der Waals surface area contributed by atoms with E-state index in [1.165, 1.54) is 0 Å². The maximum Gasteiger partial charge on any atom is 0.259 e. The van der Waals surface area contributed by atoms with Gasteiger partial charge < -0.3 is 14.5 Å². The smallest absolute Gasteiger partial charge is 0.259 e. The molecule has 6 nitrogen and oxygen atoms in total. The van der Waals surface area contributed by atoms with E-state index >= 15 is 0 Å². The minimum atomic E-state index is -1.24. The van der Waals surface area contributed by atoms with Crippen molar-refractivity contribution in [3.63, 3.8) is 0 Å². The number of aromatic nitrogens is 2. The standard InChI is InChI=1S/C28H24ClN3O3S/c1-4-21(11-8-19(2)25-18-32-16-6-5-7-27(32)31-25)30-28(33)24-15-14-23(36(3)34)17-26(24)35-22-12-9-20(29)10-13-22/h4-18H,2H2,1,3H3,(H,30,33)/b11-8-,21-4+. The Morgan fingerprint density at radius 2 is 1.92 bits per heavy atom. The van der Waals surface area contributed by atoms with Gasteiger partial charge in [-0.1, -0.05) is 36.4 Å². The van der Waals surface area contributed by atoms with Gasteiger partial charge in [0, 0.05) is 45.1 Å². The van der Waals surface area contributed by atoms with Crippen LogP contribution in [-0.4, -0.2) is 25.8 Å². The van der Waals surface area contributed by atoms with Gasteiger partial charge in [0.1, 0.15) is 17.1 Å². The number of carbonyl (C=O) groups is 1. The second-order valence-electron chi connectivity index (χ2n) is 7.82. The molecule has 0 aliphatic rings. The van der Waals surface area contributed by atoms with Crippen LogP contribution < -0.4 is 10.1 Å². The molecule has 4 aromatic rings. The van der Waals surface area contributed by atoms with Crippen LogP contribution in [0.1, 0.15) is 23.0 Å². The molecule has 0 aliphatic heterocycles. The molecule has 0 bridgehead atoms. The summed E-state index contributed by atoms with van der Waals surface area (Å²) in [7, 11) is -1.24. The third-order valence-electron chi connectivity index (χ3n) is 5.30. The molecule has 2 aromatic carbocycles. The van der Waals surface area contributed by atoms with E-state index in [-0.39, 0.29) is 11.7 Å². The lowest BCUT2D eigenvalue weighted by atomic mass is 10.1. The molecule has 1 unspecified atom stereocenters. The molecule has 4 rings (SSSR count). The predicted molar refractivity (Wildman–Crippen MR) is 145 cm³/mol. The molecule has 1 atom stereocenters. The molecule has 2 aromatic heterocycles. The van der Waals surface area contributed by atoms with Crippen molar-refractivity contribution in [2.45, 2.75) is 11.8 Å². The number of allylic oxidation sites excluding steroid dienone is 4. The number of rotatable bonds is 8. The fourth-order valence-corrected chi connectivity index (χ4v) is 4.02. The molecule has 0 radical (unpaired) electrons. The number of nitrogens with zero attached hydrogens (tertiary/aromatic N) is 2. The van der Waals surface area contributed by atoms with Crippen molar-refractivity contribution in [3.8, 4) is 11.5 Å². The topological polar surface area (TPSA) is 72.7 Å². The summed E-state index contributed by atoms with van der Waals surface area (Å²) in [5, 5.41) is 3.46. The summed E-state index contributed by atoms with van der Waals surface area (Å²) in [6.45, 7) is 5.92. The van der Waals surface area contributed by atoms with Crippen molar-refractivity contribution >= 4 is 39.5 Å². The van der Waals surface area contributed by atoms with Gasteiger partial charge in [-0.25, -0.2) is 4.98 Å². The first kappa shape index (κ1) is 25.2. The highest BCUT2D eigenvalue weighted by Crippen LogP contribution is 2.29. The minimum absolute atomic E-state index is 0.288. The van der Waals surface area contributed by atoms with Crippen LogP contribution in [0, 0.1) is 0 Å². The number of ether oxygens (including phenoxy) is 1. The Morgan fingerprint density at radius 1 is 1.14 bits per heavy atom. The average molecular weight is 518 g/mol. The summed E-state index contributed by atoms with van der Waals surface area (Å²) in [5.41, 5.74) is 3.14. The highest BCUT2D eigenvalue weighted by atomic mass is 35.5. The van der Waals surface area contributed by atoms with Crippen LogP contribution in [0.15, 0.2) is 108 Å². The summed E-state index contributed by atoms with van der Waals surface area (Å²) < 4.78 is 19.9. The Hall–Kier alpha value is -3.94. The normalized spacial score (nSPS) is 12.6. The van der Waals surface area contributed by atoms with Gasteiger partial charge in [0.05, 0.1) is 11.3 Å². The molecule has 0 fully saturated rings. The number of imidazole rings is 1. The Morgan fingerprint density at radius 3 is 2.61 bits per heavy atom. The molecular formula is C28H24ClN3O3S. The van der Waals surface area contributed by atoms with Crippen molar-refractivity contribution in [2.24, 2.45) is 0 Å². The molecule has 2 heterocycles. The molecule has 0 spiro atoms. The highest BCUT2D eigenvalue weighted by Gasteiger charge is 2.16. The molecule has 0 aliphatic carbocycles. The Labute approximate surface area is 217 Å². The molecule has 182 valence electrons. The van der Waals surface area contributed by atoms with Gasteiger partial charge in [0.2, 0.25) is 0 Å². The van der Waals surface area contributed by atoms with Crippen LogP contribution in [0.3, 0.4) is 0 Å². The quantitative estimate of drug-likeness (QED) is 0.274. The van der Waals surface area contributed by atoms with Crippen LogP contribution in [0.25, 0.3) is 11.2 Å². The summed E-state index contributed by atoms with van der Waals surface area (Å²) in [6.07, 6.45) is 10.7. The summed E-state index contributed by atoms with van der Waals surface area (Å²) in [4.78, 5) is 18.3. The van der Waals surface area contributed by atoms with Gasteiger partial charge in [-0.2, -0.15) is 0 Å². The Kier molecular flexibility index (Phi) is 7.83. The largest absolute Gasteiger partial charge is 0.456 e. The number of halogens is 1. The number of nitrogens with one attached hydrogen (secondary N) is 1. The lowest BCUT2D eigenvalue weighted by molar-refractivity contribution is 0.0964. The van der Waals surface area contributed by atoms with Crippen molar-refractivity contribution < 1.29 is 13.7 Å². The number of fused-ring (bicyclic) bond motifs is 1. The molecule has 0 saturated heterocycles. The van der Waals surface area contributed by atoms with Crippen molar-refractivity contribution in [1.29, 1.82) is 0 Å². The number of hydrogen-bond acceptors (Lipinski definition) is 4. The third-order valence-corrected chi connectivity index (χ3v) is 6.47. The SMILES string of the molecule is C=C(/C=C\C(=C/C)NC(=O)c1ccc(S(C)=O)cc1Oc1ccc(Cl)cc1)c1cn2ccccc2n1. The number of amides is 1. The fraction of sp³-hybridized carbons (Fsp3) is 0.0714. The van der Waals surface area contributed by atoms with Crippen molar-refractivity contribution in [1.82, 2.24) is 14.7 Å². The molecule has 1 N–H and O–H groups in total. The third kappa shape index (κ3) is 6.00. The van der Waals surface area contributed by atoms with E-state index in [9.17, 15) is 9.00 Å². The lowest BCUT2D eigenvalue weighted by Gasteiger charge is -2.13. The number of hydrogen-bond donors (Lipinski definition) is 1. The first-order valence-electron chi connectivity index (χ1n) is 11.0.